The van der Waals surface area contributed by atoms with Crippen LogP contribution in [0, 0.1) is 10.1 Å². The van der Waals surface area contributed by atoms with Crippen molar-refractivity contribution >= 4 is 11.6 Å². The molecule has 1 aromatic rings. The molecule has 1 amide bonds. The summed E-state index contributed by atoms with van der Waals surface area (Å²) in [7, 11) is 0. The van der Waals surface area contributed by atoms with E-state index in [2.05, 4.69) is 16.7 Å². The predicted molar refractivity (Wildman–Crippen MR) is 75.4 cm³/mol. The summed E-state index contributed by atoms with van der Waals surface area (Å²) in [5, 5.41) is 16.6. The molecule has 6 heteroatoms. The molecule has 6 nitrogen and oxygen atoms in total. The maximum atomic E-state index is 11.8. The van der Waals surface area contributed by atoms with Crippen LogP contribution in [-0.2, 0) is 11.2 Å². The minimum Gasteiger partial charge on any atom is -0.352 e. The fraction of sp³-hybridized carbons (Fsp3) is 0.357. The molecule has 0 fully saturated rings. The maximum absolute atomic E-state index is 11.8. The quantitative estimate of drug-likeness (QED) is 0.480. The summed E-state index contributed by atoms with van der Waals surface area (Å²) in [4.78, 5) is 21.9. The van der Waals surface area contributed by atoms with Crippen molar-refractivity contribution in [1.29, 1.82) is 0 Å². The number of hydrogen-bond acceptors (Lipinski definition) is 4. The van der Waals surface area contributed by atoms with Crippen molar-refractivity contribution in [2.45, 2.75) is 12.8 Å². The zero-order valence-corrected chi connectivity index (χ0v) is 11.1. The van der Waals surface area contributed by atoms with E-state index in [0.29, 0.717) is 6.54 Å². The van der Waals surface area contributed by atoms with Gasteiger partial charge in [0.25, 0.3) is 5.69 Å². The van der Waals surface area contributed by atoms with Gasteiger partial charge in [-0.2, -0.15) is 0 Å². The summed E-state index contributed by atoms with van der Waals surface area (Å²) in [6.07, 6.45) is 3.29. The van der Waals surface area contributed by atoms with E-state index in [1.165, 1.54) is 17.7 Å². The zero-order valence-electron chi connectivity index (χ0n) is 11.1. The first-order chi connectivity index (χ1) is 9.65. The van der Waals surface area contributed by atoms with Crippen LogP contribution < -0.4 is 10.6 Å². The number of amides is 1. The van der Waals surface area contributed by atoms with E-state index in [9.17, 15) is 14.9 Å². The largest absolute Gasteiger partial charge is 0.352 e. The number of benzene rings is 1. The molecule has 0 saturated heterocycles. The van der Waals surface area contributed by atoms with Crippen LogP contribution in [0.5, 0.6) is 0 Å². The van der Waals surface area contributed by atoms with Crippen molar-refractivity contribution < 1.29 is 9.72 Å². The number of nitrogens with one attached hydrogen (secondary N) is 2. The Bertz CT molecular complexity index is 523. The van der Waals surface area contributed by atoms with Gasteiger partial charge < -0.3 is 10.6 Å². The molecule has 0 unspecified atom stereocenters. The minimum atomic E-state index is -0.451. The number of nitro benzene ring substituents is 1. The molecular weight excluding hydrogens is 258 g/mol. The fourth-order valence-electron chi connectivity index (χ4n) is 2.03. The highest BCUT2D eigenvalue weighted by atomic mass is 16.6. The topological polar surface area (TPSA) is 84.3 Å². The van der Waals surface area contributed by atoms with Gasteiger partial charge in [0.2, 0.25) is 5.91 Å². The number of non-ortho nitro benzene ring substituents is 1. The van der Waals surface area contributed by atoms with Gasteiger partial charge >= 0.3 is 0 Å². The lowest BCUT2D eigenvalue weighted by Gasteiger charge is -2.14. The van der Waals surface area contributed by atoms with E-state index in [0.717, 1.165) is 25.1 Å². The van der Waals surface area contributed by atoms with Crippen LogP contribution in [0.15, 0.2) is 35.9 Å². The molecule has 106 valence electrons. The first-order valence-electron chi connectivity index (χ1n) is 6.54. The lowest BCUT2D eigenvalue weighted by atomic mass is 10.1. The molecule has 1 aliphatic heterocycles. The van der Waals surface area contributed by atoms with Crippen molar-refractivity contribution in [2.75, 3.05) is 19.6 Å². The maximum Gasteiger partial charge on any atom is 0.269 e. The molecule has 0 aliphatic carbocycles. The van der Waals surface area contributed by atoms with Crippen LogP contribution in [-0.4, -0.2) is 30.5 Å². The van der Waals surface area contributed by atoms with Crippen LogP contribution in [0.4, 0.5) is 5.69 Å². The summed E-state index contributed by atoms with van der Waals surface area (Å²) in [5.41, 5.74) is 2.04. The van der Waals surface area contributed by atoms with Crippen molar-refractivity contribution in [1.82, 2.24) is 10.6 Å². The Balaban J connectivity index is 1.81. The Hall–Kier alpha value is -2.21. The average molecular weight is 275 g/mol. The Labute approximate surface area is 117 Å². The van der Waals surface area contributed by atoms with Gasteiger partial charge in [-0.3, -0.25) is 14.9 Å². The lowest BCUT2D eigenvalue weighted by Crippen LogP contribution is -2.30. The average Bonchev–Trinajstić information content (AvgIpc) is 2.47. The van der Waals surface area contributed by atoms with E-state index >= 15 is 0 Å². The van der Waals surface area contributed by atoms with Crippen molar-refractivity contribution in [3.05, 3.63) is 51.6 Å². The Morgan fingerprint density at radius 3 is 2.70 bits per heavy atom. The molecule has 20 heavy (non-hydrogen) atoms. The zero-order chi connectivity index (χ0) is 14.4. The molecule has 0 saturated carbocycles. The van der Waals surface area contributed by atoms with Gasteiger partial charge in [0.15, 0.2) is 0 Å². The second-order valence-electron chi connectivity index (χ2n) is 4.69. The molecular formula is C14H17N3O3. The highest BCUT2D eigenvalue weighted by Crippen LogP contribution is 2.12. The van der Waals surface area contributed by atoms with Crippen LogP contribution in [0.1, 0.15) is 12.0 Å². The Kier molecular flexibility index (Phi) is 4.84. The summed E-state index contributed by atoms with van der Waals surface area (Å²) in [6.45, 7) is 2.38. The molecule has 1 heterocycles. The molecule has 0 atom stereocenters. The standard InChI is InChI=1S/C14H17N3O3/c18-14(16-10-12-5-7-15-8-6-12)9-11-1-3-13(4-2-11)17(19)20/h1-5,15H,6-10H2,(H,16,18). The molecule has 2 rings (SSSR count). The Morgan fingerprint density at radius 2 is 2.10 bits per heavy atom. The monoisotopic (exact) mass is 275 g/mol. The van der Waals surface area contributed by atoms with Crippen LogP contribution in [0.2, 0.25) is 0 Å². The first-order valence-corrected chi connectivity index (χ1v) is 6.54. The summed E-state index contributed by atoms with van der Waals surface area (Å²) >= 11 is 0. The van der Waals surface area contributed by atoms with Gasteiger partial charge in [-0.05, 0) is 18.5 Å². The van der Waals surface area contributed by atoms with Crippen LogP contribution in [0.3, 0.4) is 0 Å². The van der Waals surface area contributed by atoms with Gasteiger partial charge in [-0.25, -0.2) is 0 Å². The predicted octanol–water partition coefficient (Wildman–Crippen LogP) is 1.17. The molecule has 1 aliphatic rings. The second-order valence-corrected chi connectivity index (χ2v) is 4.69. The van der Waals surface area contributed by atoms with E-state index in [1.54, 1.807) is 12.1 Å². The second kappa shape index (κ2) is 6.81. The summed E-state index contributed by atoms with van der Waals surface area (Å²) < 4.78 is 0. The van der Waals surface area contributed by atoms with Crippen molar-refractivity contribution in [3.63, 3.8) is 0 Å². The van der Waals surface area contributed by atoms with E-state index in [1.807, 2.05) is 0 Å². The summed E-state index contributed by atoms with van der Waals surface area (Å²) in [5.74, 6) is -0.0710. The first kappa shape index (κ1) is 14.2. The van der Waals surface area contributed by atoms with Crippen LogP contribution in [0.25, 0.3) is 0 Å². The molecule has 0 bridgehead atoms. The van der Waals surface area contributed by atoms with E-state index < -0.39 is 4.92 Å². The third kappa shape index (κ3) is 4.17. The molecule has 0 spiro atoms. The summed E-state index contributed by atoms with van der Waals surface area (Å²) in [6, 6.07) is 6.05. The smallest absolute Gasteiger partial charge is 0.269 e. The van der Waals surface area contributed by atoms with Gasteiger partial charge in [-0.15, -0.1) is 0 Å². The fourth-order valence-corrected chi connectivity index (χ4v) is 2.03. The van der Waals surface area contributed by atoms with E-state index in [-0.39, 0.29) is 18.0 Å². The minimum absolute atomic E-state index is 0.0361. The number of carbonyl (C=O) groups excluding carboxylic acids is 1. The lowest BCUT2D eigenvalue weighted by molar-refractivity contribution is -0.384. The highest BCUT2D eigenvalue weighted by molar-refractivity contribution is 5.78. The third-order valence-corrected chi connectivity index (χ3v) is 3.18. The number of nitrogens with zero attached hydrogens (tertiary/aromatic N) is 1. The normalized spacial score (nSPS) is 14.5. The van der Waals surface area contributed by atoms with Crippen molar-refractivity contribution in [3.8, 4) is 0 Å². The highest BCUT2D eigenvalue weighted by Gasteiger charge is 2.08. The SMILES string of the molecule is O=C(Cc1ccc([N+](=O)[O-])cc1)NCC1=CCNCC1. The van der Waals surface area contributed by atoms with Crippen molar-refractivity contribution in [2.24, 2.45) is 0 Å². The molecule has 0 aromatic heterocycles. The molecule has 2 N–H and O–H groups in total. The molecule has 0 radical (unpaired) electrons. The number of rotatable bonds is 5. The van der Waals surface area contributed by atoms with Gasteiger partial charge in [0, 0.05) is 25.2 Å². The molecule has 1 aromatic carbocycles. The van der Waals surface area contributed by atoms with Gasteiger partial charge in [0.1, 0.15) is 0 Å². The third-order valence-electron chi connectivity index (χ3n) is 3.18. The van der Waals surface area contributed by atoms with Gasteiger partial charge in [0.05, 0.1) is 11.3 Å². The number of hydrogen-bond donors (Lipinski definition) is 2. The number of carbonyl (C=O) groups is 1. The van der Waals surface area contributed by atoms with Crippen LogP contribution >= 0.6 is 0 Å². The van der Waals surface area contributed by atoms with E-state index in [4.69, 9.17) is 0 Å². The number of nitro groups is 1. The Morgan fingerprint density at radius 1 is 1.35 bits per heavy atom. The van der Waals surface area contributed by atoms with Gasteiger partial charge in [-0.1, -0.05) is 23.8 Å².